The normalized spacial score (nSPS) is 14.3. The molecule has 1 aliphatic heterocycles. The highest BCUT2D eigenvalue weighted by molar-refractivity contribution is 7.11. The Hall–Kier alpha value is -3.20. The molecule has 3 aromatic rings. The summed E-state index contributed by atoms with van der Waals surface area (Å²) in [6, 6.07) is 7.60. The van der Waals surface area contributed by atoms with Crippen molar-refractivity contribution in [1.29, 1.82) is 5.41 Å². The molecule has 9 heteroatoms. The maximum absolute atomic E-state index is 10.4. The molecule has 0 spiro atoms. The third kappa shape index (κ3) is 3.28. The van der Waals surface area contributed by atoms with Crippen molar-refractivity contribution in [3.63, 3.8) is 0 Å². The lowest BCUT2D eigenvalue weighted by molar-refractivity contribution is 0.300. The van der Waals surface area contributed by atoms with Crippen molar-refractivity contribution in [3.8, 4) is 17.0 Å². The summed E-state index contributed by atoms with van der Waals surface area (Å²) in [5.41, 5.74) is 2.17. The Morgan fingerprint density at radius 2 is 2.07 bits per heavy atom. The monoisotopic (exact) mass is 383 g/mol. The first-order valence-corrected chi connectivity index (χ1v) is 9.08. The summed E-state index contributed by atoms with van der Waals surface area (Å²) in [5, 5.41) is 25.1. The number of ether oxygens (including phenoxy) is 1. The van der Waals surface area contributed by atoms with Gasteiger partial charge in [-0.1, -0.05) is 5.16 Å². The molecule has 0 fully saturated rings. The Balaban J connectivity index is 1.55. The van der Waals surface area contributed by atoms with Crippen LogP contribution in [0.5, 0.6) is 5.75 Å². The van der Waals surface area contributed by atoms with Crippen LogP contribution in [0, 0.1) is 12.3 Å². The Labute approximate surface area is 159 Å². The highest BCUT2D eigenvalue weighted by atomic mass is 32.1. The van der Waals surface area contributed by atoms with Gasteiger partial charge in [-0.25, -0.2) is 4.98 Å². The molecule has 8 nitrogen and oxygen atoms in total. The van der Waals surface area contributed by atoms with Gasteiger partial charge < -0.3 is 19.3 Å². The second-order valence-electron chi connectivity index (χ2n) is 6.03. The number of nitrogens with zero attached hydrogens (tertiary/aromatic N) is 4. The van der Waals surface area contributed by atoms with Crippen LogP contribution in [-0.2, 0) is 6.54 Å². The van der Waals surface area contributed by atoms with E-state index in [4.69, 9.17) is 14.7 Å². The number of aromatic nitrogens is 3. The molecule has 27 heavy (non-hydrogen) atoms. The minimum atomic E-state index is 0.117. The molecule has 0 aliphatic carbocycles. The minimum absolute atomic E-state index is 0.117. The van der Waals surface area contributed by atoms with Crippen molar-refractivity contribution in [3.05, 3.63) is 52.1 Å². The van der Waals surface area contributed by atoms with Crippen LogP contribution in [0.2, 0.25) is 0 Å². The van der Waals surface area contributed by atoms with Gasteiger partial charge in [0.05, 0.1) is 31.5 Å². The van der Waals surface area contributed by atoms with Gasteiger partial charge in [0.25, 0.3) is 0 Å². The number of hydrogen-bond acceptors (Lipinski definition) is 8. The van der Waals surface area contributed by atoms with E-state index in [9.17, 15) is 5.11 Å². The van der Waals surface area contributed by atoms with Gasteiger partial charge in [-0.3, -0.25) is 5.41 Å². The van der Waals surface area contributed by atoms with Crippen molar-refractivity contribution in [2.24, 2.45) is 0 Å². The highest BCUT2D eigenvalue weighted by Crippen LogP contribution is 2.33. The average molecular weight is 383 g/mol. The predicted molar refractivity (Wildman–Crippen MR) is 101 cm³/mol. The number of thiazole rings is 1. The molecule has 1 aliphatic rings. The van der Waals surface area contributed by atoms with Gasteiger partial charge in [0.1, 0.15) is 22.4 Å². The number of rotatable bonds is 5. The van der Waals surface area contributed by atoms with E-state index in [1.54, 1.807) is 18.9 Å². The Morgan fingerprint density at radius 1 is 1.30 bits per heavy atom. The molecule has 1 aromatic carbocycles. The largest absolute Gasteiger partial charge is 0.510 e. The summed E-state index contributed by atoms with van der Waals surface area (Å²) in [5.74, 6) is 2.03. The Bertz CT molecular complexity index is 1020. The number of methoxy groups -OCH3 is 1. The van der Waals surface area contributed by atoms with Gasteiger partial charge in [0.2, 0.25) is 5.89 Å². The quantitative estimate of drug-likeness (QED) is 0.696. The molecule has 0 saturated heterocycles. The van der Waals surface area contributed by atoms with Crippen molar-refractivity contribution in [2.75, 3.05) is 13.7 Å². The number of aliphatic hydroxyl groups excluding tert-OH is 1. The summed E-state index contributed by atoms with van der Waals surface area (Å²) in [4.78, 5) is 10.4. The van der Waals surface area contributed by atoms with Crippen LogP contribution in [0.4, 0.5) is 0 Å². The fourth-order valence-corrected chi connectivity index (χ4v) is 3.74. The van der Waals surface area contributed by atoms with Crippen molar-refractivity contribution < 1.29 is 14.4 Å². The molecule has 138 valence electrons. The van der Waals surface area contributed by atoms with Crippen molar-refractivity contribution >= 4 is 22.7 Å². The zero-order valence-electron chi connectivity index (χ0n) is 14.8. The van der Waals surface area contributed by atoms with E-state index in [2.05, 4.69) is 15.1 Å². The lowest BCUT2D eigenvalue weighted by atomic mass is 10.1. The average Bonchev–Trinajstić information content (AvgIpc) is 3.36. The molecule has 0 saturated carbocycles. The maximum atomic E-state index is 10.4. The molecule has 3 heterocycles. The molecule has 0 amide bonds. The highest BCUT2D eigenvalue weighted by Gasteiger charge is 2.31. The summed E-state index contributed by atoms with van der Waals surface area (Å²) >= 11 is 1.39. The topological polar surface area (TPSA) is 108 Å². The van der Waals surface area contributed by atoms with Crippen LogP contribution in [0.25, 0.3) is 16.8 Å². The summed E-state index contributed by atoms with van der Waals surface area (Å²) in [6.07, 6.45) is 0. The van der Waals surface area contributed by atoms with Gasteiger partial charge in [0, 0.05) is 10.9 Å². The zero-order chi connectivity index (χ0) is 19.0. The predicted octanol–water partition coefficient (Wildman–Crippen LogP) is 3.27. The first-order valence-electron chi connectivity index (χ1n) is 8.20. The summed E-state index contributed by atoms with van der Waals surface area (Å²) < 4.78 is 10.3. The lowest BCUT2D eigenvalue weighted by Crippen LogP contribution is -2.26. The van der Waals surface area contributed by atoms with Gasteiger partial charge in [0.15, 0.2) is 5.82 Å². The molecule has 2 aromatic heterocycles. The van der Waals surface area contributed by atoms with Gasteiger partial charge in [-0.2, -0.15) is 4.98 Å². The molecular formula is C18H17N5O3S. The molecular weight excluding hydrogens is 366 g/mol. The van der Waals surface area contributed by atoms with E-state index < -0.39 is 0 Å². The van der Waals surface area contributed by atoms with Crippen LogP contribution in [-0.4, -0.2) is 44.6 Å². The first kappa shape index (κ1) is 17.2. The molecule has 0 atom stereocenters. The third-order valence-electron chi connectivity index (χ3n) is 4.18. The van der Waals surface area contributed by atoms with E-state index in [0.29, 0.717) is 22.3 Å². The maximum Gasteiger partial charge on any atom is 0.246 e. The van der Waals surface area contributed by atoms with E-state index in [-0.39, 0.29) is 24.7 Å². The molecule has 0 unspecified atom stereocenters. The SMILES string of the molecule is COc1ccc(-c2csc(C3=C(O)CN(Cc4nc(C)no4)C3=N)n2)cc1. The van der Waals surface area contributed by atoms with Crippen molar-refractivity contribution in [1.82, 2.24) is 20.0 Å². The fourth-order valence-electron chi connectivity index (χ4n) is 2.84. The fraction of sp³-hybridized carbons (Fsp3) is 0.222. The van der Waals surface area contributed by atoms with Gasteiger partial charge >= 0.3 is 0 Å². The van der Waals surface area contributed by atoms with E-state index >= 15 is 0 Å². The van der Waals surface area contributed by atoms with Crippen LogP contribution in [0.15, 0.2) is 39.9 Å². The van der Waals surface area contributed by atoms with Crippen LogP contribution < -0.4 is 4.74 Å². The van der Waals surface area contributed by atoms with Crippen molar-refractivity contribution in [2.45, 2.75) is 13.5 Å². The summed E-state index contributed by atoms with van der Waals surface area (Å²) in [7, 11) is 1.62. The smallest absolute Gasteiger partial charge is 0.246 e. The summed E-state index contributed by atoms with van der Waals surface area (Å²) in [6.45, 7) is 2.22. The Morgan fingerprint density at radius 3 is 2.74 bits per heavy atom. The Kier molecular flexibility index (Phi) is 4.36. The van der Waals surface area contributed by atoms with Crippen LogP contribution in [0.1, 0.15) is 16.7 Å². The molecule has 2 N–H and O–H groups in total. The number of nitrogens with one attached hydrogen (secondary N) is 1. The zero-order valence-corrected chi connectivity index (χ0v) is 15.6. The van der Waals surface area contributed by atoms with Crippen LogP contribution in [0.3, 0.4) is 0 Å². The lowest BCUT2D eigenvalue weighted by Gasteiger charge is -2.15. The van der Waals surface area contributed by atoms with E-state index in [0.717, 1.165) is 17.0 Å². The van der Waals surface area contributed by atoms with Gasteiger partial charge in [-0.15, -0.1) is 11.3 Å². The molecule has 0 radical (unpaired) electrons. The third-order valence-corrected chi connectivity index (χ3v) is 5.04. The number of hydrogen-bond donors (Lipinski definition) is 2. The minimum Gasteiger partial charge on any atom is -0.510 e. The number of aryl methyl sites for hydroxylation is 1. The number of benzene rings is 1. The first-order chi connectivity index (χ1) is 13.0. The van der Waals surface area contributed by atoms with E-state index in [1.807, 2.05) is 29.6 Å². The second-order valence-corrected chi connectivity index (χ2v) is 6.89. The molecule has 0 bridgehead atoms. The standard InChI is InChI=1S/C18H17N5O3S/c1-10-20-15(26-22-10)8-23-7-14(24)16(17(23)19)18-21-13(9-27-18)11-3-5-12(25-2)6-4-11/h3-6,9,19,24H,7-8H2,1-2H3. The van der Waals surface area contributed by atoms with Crippen LogP contribution >= 0.6 is 11.3 Å². The number of amidine groups is 1. The number of aliphatic hydroxyl groups is 1. The van der Waals surface area contributed by atoms with Gasteiger partial charge in [-0.05, 0) is 31.2 Å². The van der Waals surface area contributed by atoms with E-state index in [1.165, 1.54) is 11.3 Å². The molecule has 4 rings (SSSR count). The second kappa shape index (κ2) is 6.84.